The number of carbonyl (C=O) groups is 3. The lowest BCUT2D eigenvalue weighted by molar-refractivity contribution is -0.153. The number of hydrogen-bond acceptors (Lipinski definition) is 5. The highest BCUT2D eigenvalue weighted by atomic mass is 19.1. The third-order valence-electron chi connectivity index (χ3n) is 3.83. The monoisotopic (exact) mass is 407 g/mol. The first-order valence-corrected chi connectivity index (χ1v) is 9.34. The molecule has 158 valence electrons. The Morgan fingerprint density at radius 1 is 1.24 bits per heavy atom. The molecule has 0 aliphatic carbocycles. The van der Waals surface area contributed by atoms with Crippen LogP contribution in [0.25, 0.3) is 5.53 Å². The number of nitrogens with zero attached hydrogens (tertiary/aromatic N) is 2. The van der Waals surface area contributed by atoms with Crippen molar-refractivity contribution < 1.29 is 33.0 Å². The van der Waals surface area contributed by atoms with Crippen molar-refractivity contribution in [1.29, 1.82) is 0 Å². The van der Waals surface area contributed by atoms with E-state index in [2.05, 4.69) is 10.1 Å². The molecule has 0 radical (unpaired) electrons. The number of benzene rings is 1. The van der Waals surface area contributed by atoms with Crippen LogP contribution in [0.1, 0.15) is 39.2 Å². The SMILES string of the molecule is CCO[C@@H](Cc1ccc(F)cc1)C(=O)N[C@@H](CCC(=O)C=[N+]=[N-])C(=O)OC(C)C. The topological polar surface area (TPSA) is 118 Å². The van der Waals surface area contributed by atoms with E-state index in [-0.39, 0.29) is 25.9 Å². The van der Waals surface area contributed by atoms with Crippen LogP contribution >= 0.6 is 0 Å². The zero-order chi connectivity index (χ0) is 21.8. The van der Waals surface area contributed by atoms with Gasteiger partial charge in [0.25, 0.3) is 0 Å². The smallest absolute Gasteiger partial charge is 0.328 e. The van der Waals surface area contributed by atoms with Gasteiger partial charge in [-0.1, -0.05) is 12.1 Å². The molecule has 1 N–H and O–H groups in total. The van der Waals surface area contributed by atoms with Crippen molar-refractivity contribution in [3.8, 4) is 0 Å². The Kier molecular flexibility index (Phi) is 10.4. The Morgan fingerprint density at radius 2 is 1.90 bits per heavy atom. The van der Waals surface area contributed by atoms with Crippen molar-refractivity contribution in [2.45, 2.75) is 58.3 Å². The number of amides is 1. The predicted molar refractivity (Wildman–Crippen MR) is 103 cm³/mol. The average molecular weight is 407 g/mol. The summed E-state index contributed by atoms with van der Waals surface area (Å²) < 4.78 is 23.7. The highest BCUT2D eigenvalue weighted by Crippen LogP contribution is 2.10. The van der Waals surface area contributed by atoms with Gasteiger partial charge in [0.1, 0.15) is 18.0 Å². The minimum absolute atomic E-state index is 0.0302. The van der Waals surface area contributed by atoms with Crippen LogP contribution in [0, 0.1) is 5.82 Å². The minimum Gasteiger partial charge on any atom is -0.461 e. The molecule has 2 atom stereocenters. The Labute approximate surface area is 169 Å². The minimum atomic E-state index is -1.07. The first-order chi connectivity index (χ1) is 13.8. The van der Waals surface area contributed by atoms with Gasteiger partial charge in [-0.2, -0.15) is 4.79 Å². The van der Waals surface area contributed by atoms with Crippen LogP contribution in [0.3, 0.4) is 0 Å². The lowest BCUT2D eigenvalue weighted by Gasteiger charge is -2.22. The number of rotatable bonds is 12. The molecule has 8 nitrogen and oxygen atoms in total. The molecule has 0 aliphatic heterocycles. The van der Waals surface area contributed by atoms with Gasteiger partial charge < -0.3 is 20.3 Å². The number of carbonyl (C=O) groups excluding carboxylic acids is 3. The third-order valence-corrected chi connectivity index (χ3v) is 3.83. The molecular weight excluding hydrogens is 381 g/mol. The summed E-state index contributed by atoms with van der Waals surface area (Å²) >= 11 is 0. The summed E-state index contributed by atoms with van der Waals surface area (Å²) in [5.41, 5.74) is 9.10. The van der Waals surface area contributed by atoms with E-state index in [0.717, 1.165) is 6.21 Å². The van der Waals surface area contributed by atoms with Crippen LogP contribution in [0.15, 0.2) is 24.3 Å². The summed E-state index contributed by atoms with van der Waals surface area (Å²) in [5.74, 6) is -2.13. The molecule has 0 heterocycles. The number of nitrogens with one attached hydrogen (secondary N) is 1. The largest absolute Gasteiger partial charge is 0.461 e. The van der Waals surface area contributed by atoms with E-state index in [4.69, 9.17) is 15.0 Å². The Hall–Kier alpha value is -2.90. The van der Waals surface area contributed by atoms with Crippen LogP contribution < -0.4 is 5.32 Å². The molecule has 9 heteroatoms. The lowest BCUT2D eigenvalue weighted by Crippen LogP contribution is -2.48. The molecule has 0 saturated carbocycles. The second-order valence-corrected chi connectivity index (χ2v) is 6.57. The fraction of sp³-hybridized carbons (Fsp3) is 0.500. The van der Waals surface area contributed by atoms with Crippen molar-refractivity contribution in [3.05, 3.63) is 41.2 Å². The second-order valence-electron chi connectivity index (χ2n) is 6.57. The number of ketones is 1. The van der Waals surface area contributed by atoms with E-state index in [9.17, 15) is 18.8 Å². The molecule has 0 spiro atoms. The van der Waals surface area contributed by atoms with Gasteiger partial charge in [-0.15, -0.1) is 0 Å². The van der Waals surface area contributed by atoms with Crippen molar-refractivity contribution >= 4 is 23.9 Å². The highest BCUT2D eigenvalue weighted by molar-refractivity contribution is 6.25. The Morgan fingerprint density at radius 3 is 2.45 bits per heavy atom. The third kappa shape index (κ3) is 9.23. The number of esters is 1. The van der Waals surface area contributed by atoms with Crippen LogP contribution in [0.5, 0.6) is 0 Å². The van der Waals surface area contributed by atoms with Crippen LogP contribution in [0.2, 0.25) is 0 Å². The molecule has 0 aliphatic rings. The lowest BCUT2D eigenvalue weighted by atomic mass is 10.1. The van der Waals surface area contributed by atoms with E-state index in [1.807, 2.05) is 0 Å². The summed E-state index contributed by atoms with van der Waals surface area (Å²) in [4.78, 5) is 39.2. The van der Waals surface area contributed by atoms with Crippen molar-refractivity contribution in [1.82, 2.24) is 5.32 Å². The summed E-state index contributed by atoms with van der Waals surface area (Å²) in [6.45, 7) is 5.31. The molecule has 29 heavy (non-hydrogen) atoms. The maximum atomic E-state index is 13.1. The summed E-state index contributed by atoms with van der Waals surface area (Å²) in [6, 6.07) is 4.59. The van der Waals surface area contributed by atoms with E-state index in [1.165, 1.54) is 12.1 Å². The van der Waals surface area contributed by atoms with Crippen LogP contribution in [0.4, 0.5) is 4.39 Å². The first-order valence-electron chi connectivity index (χ1n) is 9.34. The first kappa shape index (κ1) is 24.1. The fourth-order valence-corrected chi connectivity index (χ4v) is 2.51. The summed E-state index contributed by atoms with van der Waals surface area (Å²) in [6.07, 6.45) is -0.559. The number of hydrogen-bond donors (Lipinski definition) is 1. The molecule has 0 bridgehead atoms. The van der Waals surface area contributed by atoms with E-state index >= 15 is 0 Å². The molecule has 0 fully saturated rings. The zero-order valence-corrected chi connectivity index (χ0v) is 16.8. The predicted octanol–water partition coefficient (Wildman–Crippen LogP) is 1.86. The van der Waals surface area contributed by atoms with E-state index < -0.39 is 41.7 Å². The normalized spacial score (nSPS) is 12.6. The number of halogens is 1. The molecule has 1 aromatic carbocycles. The van der Waals surface area contributed by atoms with Crippen molar-refractivity contribution in [2.75, 3.05) is 6.61 Å². The van der Waals surface area contributed by atoms with Gasteiger partial charge in [-0.25, -0.2) is 9.18 Å². The van der Waals surface area contributed by atoms with Crippen LogP contribution in [-0.4, -0.2) is 53.5 Å². The number of ether oxygens (including phenoxy) is 2. The molecule has 1 amide bonds. The Balaban J connectivity index is 2.88. The van der Waals surface area contributed by atoms with Gasteiger partial charge in [-0.05, 0) is 44.9 Å². The maximum Gasteiger partial charge on any atom is 0.328 e. The van der Waals surface area contributed by atoms with Crippen molar-refractivity contribution in [3.63, 3.8) is 0 Å². The van der Waals surface area contributed by atoms with Gasteiger partial charge in [0, 0.05) is 19.4 Å². The Bertz CT molecular complexity index is 745. The van der Waals surface area contributed by atoms with E-state index in [1.54, 1.807) is 32.9 Å². The molecule has 1 rings (SSSR count). The summed E-state index contributed by atoms with van der Waals surface area (Å²) in [7, 11) is 0. The molecule has 0 saturated heterocycles. The van der Waals surface area contributed by atoms with E-state index in [0.29, 0.717) is 5.56 Å². The maximum absolute atomic E-state index is 13.1. The molecule has 1 aromatic rings. The standard InChI is InChI=1S/C20H26FN3O5/c1-4-28-18(11-14-5-7-15(21)8-6-14)19(26)24-17(20(27)29-13(2)3)10-9-16(25)12-23-22/h5-8,12-13,17-18H,4,9-11H2,1-3H3,(H,24,26)/t17-,18-/m0/s1. The van der Waals surface area contributed by atoms with Gasteiger partial charge in [0.2, 0.25) is 11.7 Å². The molecule has 0 aromatic heterocycles. The number of Topliss-reactive ketones (excluding diaryl/α,β-unsaturated/α-hetero) is 1. The molecular formula is C20H26FN3O5. The summed E-state index contributed by atoms with van der Waals surface area (Å²) in [5, 5.41) is 2.56. The molecule has 0 unspecified atom stereocenters. The quantitative estimate of drug-likeness (QED) is 0.246. The van der Waals surface area contributed by atoms with Crippen molar-refractivity contribution in [2.24, 2.45) is 0 Å². The zero-order valence-electron chi connectivity index (χ0n) is 16.8. The van der Waals surface area contributed by atoms with Gasteiger partial charge >= 0.3 is 12.2 Å². The average Bonchev–Trinajstić information content (AvgIpc) is 2.65. The highest BCUT2D eigenvalue weighted by Gasteiger charge is 2.28. The van der Waals surface area contributed by atoms with Gasteiger partial charge in [-0.3, -0.25) is 9.59 Å². The van der Waals surface area contributed by atoms with Gasteiger partial charge in [0.05, 0.1) is 6.10 Å². The van der Waals surface area contributed by atoms with Crippen LogP contribution in [-0.2, 0) is 30.3 Å². The van der Waals surface area contributed by atoms with Gasteiger partial charge in [0.15, 0.2) is 0 Å². The second kappa shape index (κ2) is 12.5. The fourth-order valence-electron chi connectivity index (χ4n) is 2.51.